The molecule has 2 unspecified atom stereocenters. The van der Waals surface area contributed by atoms with Gasteiger partial charge in [-0.3, -0.25) is 0 Å². The van der Waals surface area contributed by atoms with Crippen molar-refractivity contribution in [2.45, 2.75) is 83.4 Å². The summed E-state index contributed by atoms with van der Waals surface area (Å²) in [7, 11) is -0.799. The Labute approximate surface area is 242 Å². The van der Waals surface area contributed by atoms with Crippen molar-refractivity contribution in [1.29, 1.82) is 5.26 Å². The van der Waals surface area contributed by atoms with E-state index in [2.05, 4.69) is 129 Å². The molecule has 0 spiro atoms. The van der Waals surface area contributed by atoms with E-state index < -0.39 is 12.7 Å². The van der Waals surface area contributed by atoms with Gasteiger partial charge in [-0.25, -0.2) is 4.67 Å². The van der Waals surface area contributed by atoms with Crippen molar-refractivity contribution < 1.29 is 9.30 Å². The molecule has 0 radical (unpaired) electrons. The summed E-state index contributed by atoms with van der Waals surface area (Å²) in [4.78, 5) is 0. The third-order valence-corrected chi connectivity index (χ3v) is 11.7. The Balaban J connectivity index is 1.87. The van der Waals surface area contributed by atoms with E-state index in [1.807, 2.05) is 7.11 Å². The van der Waals surface area contributed by atoms with Gasteiger partial charge in [-0.1, -0.05) is 104 Å². The average molecular weight is 559 g/mol. The predicted octanol–water partition coefficient (Wildman–Crippen LogP) is 8.91. The van der Waals surface area contributed by atoms with Gasteiger partial charge in [0.2, 0.25) is 0 Å². The average Bonchev–Trinajstić information content (AvgIpc) is 2.96. The minimum absolute atomic E-state index is 0.0899. The molecule has 40 heavy (non-hydrogen) atoms. The molecule has 3 rings (SSSR count). The lowest BCUT2D eigenvalue weighted by Crippen LogP contribution is -2.43. The van der Waals surface area contributed by atoms with Crippen LogP contribution >= 0.6 is 7.29 Å². The standard InChI is InChI=1S/C35H47N2O2P/c1-29(2)37(30(3)4)40(38,28-18-26-36)27-17-9-16-25-34(39-5)35(31-19-10-6-11-20-31,32-21-12-7-13-22-32)33-23-14-8-15-24-33/h6-8,10-15,19-24,29-30,34H,9,16-18,25,27-28H2,1-5H3. The Bertz CT molecular complexity index is 1120. The molecule has 4 nitrogen and oxygen atoms in total. The van der Waals surface area contributed by atoms with Gasteiger partial charge in [-0.05, 0) is 57.2 Å². The van der Waals surface area contributed by atoms with E-state index in [1.54, 1.807) is 0 Å². The molecule has 0 amide bonds. The zero-order valence-corrected chi connectivity index (χ0v) is 25.9. The van der Waals surface area contributed by atoms with E-state index in [0.29, 0.717) is 18.7 Å². The van der Waals surface area contributed by atoms with Crippen LogP contribution in [0.4, 0.5) is 0 Å². The number of rotatable bonds is 16. The molecule has 214 valence electrons. The highest BCUT2D eigenvalue weighted by Crippen LogP contribution is 2.53. The van der Waals surface area contributed by atoms with Crippen LogP contribution in [0.1, 0.15) is 76.5 Å². The van der Waals surface area contributed by atoms with Crippen LogP contribution in [0.25, 0.3) is 0 Å². The summed E-state index contributed by atoms with van der Waals surface area (Å²) in [5, 5.41) is 9.24. The van der Waals surface area contributed by atoms with Gasteiger partial charge in [-0.2, -0.15) is 5.26 Å². The number of unbranched alkanes of at least 4 members (excludes halogenated alkanes) is 2. The molecule has 0 aliphatic rings. The normalized spacial score (nSPS) is 14.3. The number of methoxy groups -OCH3 is 1. The molecule has 0 aliphatic carbocycles. The molecule has 0 fully saturated rings. The smallest absolute Gasteiger partial charge is 0.151 e. The lowest BCUT2D eigenvalue weighted by molar-refractivity contribution is 0.0531. The fourth-order valence-corrected chi connectivity index (χ4v) is 10.1. The van der Waals surface area contributed by atoms with Gasteiger partial charge in [0.1, 0.15) is 0 Å². The van der Waals surface area contributed by atoms with Gasteiger partial charge in [0, 0.05) is 37.9 Å². The van der Waals surface area contributed by atoms with Crippen LogP contribution in [-0.2, 0) is 14.7 Å². The van der Waals surface area contributed by atoms with Gasteiger partial charge in [0.15, 0.2) is 7.29 Å². The lowest BCUT2D eigenvalue weighted by Gasteiger charge is -2.42. The van der Waals surface area contributed by atoms with Crippen LogP contribution in [0.15, 0.2) is 91.0 Å². The van der Waals surface area contributed by atoms with E-state index in [4.69, 9.17) is 4.74 Å². The van der Waals surface area contributed by atoms with Gasteiger partial charge in [-0.15, -0.1) is 0 Å². The van der Waals surface area contributed by atoms with Crippen LogP contribution in [0.5, 0.6) is 0 Å². The number of nitriles is 1. The quantitative estimate of drug-likeness (QED) is 0.100. The van der Waals surface area contributed by atoms with E-state index in [9.17, 15) is 9.83 Å². The maximum absolute atomic E-state index is 14.2. The van der Waals surface area contributed by atoms with Gasteiger partial charge in [0.05, 0.1) is 17.6 Å². The fraction of sp³-hybridized carbons (Fsp3) is 0.457. The van der Waals surface area contributed by atoms with Crippen LogP contribution in [-0.4, -0.2) is 42.3 Å². The Morgan fingerprint density at radius 2 is 1.20 bits per heavy atom. The third-order valence-electron chi connectivity index (χ3n) is 7.98. The van der Waals surface area contributed by atoms with E-state index in [-0.39, 0.29) is 18.2 Å². The van der Waals surface area contributed by atoms with Crippen LogP contribution in [0.2, 0.25) is 0 Å². The van der Waals surface area contributed by atoms with Crippen molar-refractivity contribution in [3.63, 3.8) is 0 Å². The minimum atomic E-state index is -2.63. The van der Waals surface area contributed by atoms with Gasteiger partial charge < -0.3 is 9.30 Å². The molecule has 2 atom stereocenters. The SMILES string of the molecule is COC(CCCCCP(=O)(CCC#N)N(C(C)C)C(C)C)C(c1ccccc1)(c1ccccc1)c1ccccc1. The Morgan fingerprint density at radius 1 is 0.750 bits per heavy atom. The zero-order valence-electron chi connectivity index (χ0n) is 25.0. The number of hydrogen-bond acceptors (Lipinski definition) is 3. The predicted molar refractivity (Wildman–Crippen MR) is 168 cm³/mol. The topological polar surface area (TPSA) is 53.3 Å². The van der Waals surface area contributed by atoms with Crippen LogP contribution < -0.4 is 0 Å². The Kier molecular flexibility index (Phi) is 12.2. The molecule has 0 aromatic heterocycles. The molecule has 0 bridgehead atoms. The highest BCUT2D eigenvalue weighted by Gasteiger charge is 2.43. The van der Waals surface area contributed by atoms with Crippen LogP contribution in [0.3, 0.4) is 0 Å². The van der Waals surface area contributed by atoms with Crippen molar-refractivity contribution >= 4 is 7.29 Å². The van der Waals surface area contributed by atoms with E-state index in [0.717, 1.165) is 25.7 Å². The molecule has 0 N–H and O–H groups in total. The highest BCUT2D eigenvalue weighted by molar-refractivity contribution is 7.61. The molecule has 0 saturated carbocycles. The molecule has 3 aromatic rings. The third kappa shape index (κ3) is 7.32. The summed E-state index contributed by atoms with van der Waals surface area (Å²) in [5.41, 5.74) is 3.17. The minimum Gasteiger partial charge on any atom is -0.380 e. The Hall–Kier alpha value is -2.70. The first-order valence-corrected chi connectivity index (χ1v) is 16.8. The van der Waals surface area contributed by atoms with Crippen molar-refractivity contribution in [2.24, 2.45) is 0 Å². The van der Waals surface area contributed by atoms with Crippen molar-refractivity contribution in [1.82, 2.24) is 4.67 Å². The van der Waals surface area contributed by atoms with Gasteiger partial charge in [0.25, 0.3) is 0 Å². The second-order valence-electron chi connectivity index (χ2n) is 11.2. The molecular formula is C35H47N2O2P. The molecule has 0 saturated heterocycles. The first kappa shape index (κ1) is 31.8. The van der Waals surface area contributed by atoms with E-state index in [1.165, 1.54) is 16.7 Å². The highest BCUT2D eigenvalue weighted by atomic mass is 31.2. The maximum Gasteiger partial charge on any atom is 0.151 e. The largest absolute Gasteiger partial charge is 0.380 e. The number of nitrogens with zero attached hydrogens (tertiary/aromatic N) is 2. The number of hydrogen-bond donors (Lipinski definition) is 0. The summed E-state index contributed by atoms with van der Waals surface area (Å²) >= 11 is 0. The zero-order chi connectivity index (χ0) is 29.0. The summed E-state index contributed by atoms with van der Waals surface area (Å²) in [6, 6.07) is 34.7. The monoisotopic (exact) mass is 558 g/mol. The van der Waals surface area contributed by atoms with Crippen molar-refractivity contribution in [2.75, 3.05) is 19.4 Å². The summed E-state index contributed by atoms with van der Waals surface area (Å²) in [6.45, 7) is 8.44. The fourth-order valence-electron chi connectivity index (χ4n) is 6.54. The van der Waals surface area contributed by atoms with E-state index >= 15 is 0 Å². The molecular weight excluding hydrogens is 511 g/mol. The van der Waals surface area contributed by atoms with Crippen molar-refractivity contribution in [3.05, 3.63) is 108 Å². The summed E-state index contributed by atoms with van der Waals surface area (Å²) in [5.74, 6) is 0. The number of ether oxygens (including phenoxy) is 1. The molecule has 3 aromatic carbocycles. The Morgan fingerprint density at radius 3 is 1.57 bits per heavy atom. The summed E-state index contributed by atoms with van der Waals surface area (Å²) < 4.78 is 22.7. The summed E-state index contributed by atoms with van der Waals surface area (Å²) in [6.07, 6.45) is 5.06. The lowest BCUT2D eigenvalue weighted by atomic mass is 9.64. The molecule has 0 aliphatic heterocycles. The first-order chi connectivity index (χ1) is 19.3. The number of benzene rings is 3. The second kappa shape index (κ2) is 15.3. The maximum atomic E-state index is 14.2. The van der Waals surface area contributed by atoms with Gasteiger partial charge >= 0.3 is 0 Å². The van der Waals surface area contributed by atoms with Crippen molar-refractivity contribution in [3.8, 4) is 6.07 Å². The second-order valence-corrected chi connectivity index (χ2v) is 14.3. The first-order valence-electron chi connectivity index (χ1n) is 14.7. The molecule has 0 heterocycles. The molecule has 5 heteroatoms. The van der Waals surface area contributed by atoms with Crippen LogP contribution in [0, 0.1) is 11.3 Å².